The minimum Gasteiger partial charge on any atom is -0.462 e. The number of rotatable bonds is 7. The number of para-hydroxylation sites is 1. The first-order valence-electron chi connectivity index (χ1n) is 10.9. The summed E-state index contributed by atoms with van der Waals surface area (Å²) in [6.45, 7) is 5.65. The molecule has 1 N–H and O–H groups in total. The molecule has 0 fully saturated rings. The molecule has 0 aliphatic heterocycles. The van der Waals surface area contributed by atoms with Crippen LogP contribution in [-0.4, -0.2) is 28.3 Å². The van der Waals surface area contributed by atoms with Crippen molar-refractivity contribution in [1.29, 1.82) is 0 Å². The number of carbonyl (C=O) groups is 2. The van der Waals surface area contributed by atoms with Crippen molar-refractivity contribution in [1.82, 2.24) is 9.78 Å². The number of hydrogen-bond donors (Lipinski definition) is 1. The van der Waals surface area contributed by atoms with Crippen molar-refractivity contribution < 1.29 is 19.1 Å². The van der Waals surface area contributed by atoms with E-state index in [0.717, 1.165) is 11.4 Å². The van der Waals surface area contributed by atoms with E-state index in [1.807, 2.05) is 49.4 Å². The van der Waals surface area contributed by atoms with Crippen molar-refractivity contribution in [3.8, 4) is 17.2 Å². The van der Waals surface area contributed by atoms with Crippen molar-refractivity contribution in [3.63, 3.8) is 0 Å². The smallest absolute Gasteiger partial charge is 0.341 e. The Morgan fingerprint density at radius 3 is 2.32 bits per heavy atom. The normalized spacial score (nSPS) is 10.6. The van der Waals surface area contributed by atoms with Crippen molar-refractivity contribution in [3.05, 3.63) is 101 Å². The van der Waals surface area contributed by atoms with Crippen LogP contribution in [-0.2, 0) is 4.74 Å². The summed E-state index contributed by atoms with van der Waals surface area (Å²) < 4.78 is 12.6. The third-order valence-electron chi connectivity index (χ3n) is 5.22. The molecule has 1 heterocycles. The van der Waals surface area contributed by atoms with Crippen LogP contribution >= 0.6 is 0 Å². The molecule has 7 heteroatoms. The molecule has 0 bridgehead atoms. The predicted octanol–water partition coefficient (Wildman–Crippen LogP) is 5.71. The Kier molecular flexibility index (Phi) is 6.73. The molecule has 1 aromatic heterocycles. The maximum atomic E-state index is 12.8. The van der Waals surface area contributed by atoms with E-state index in [4.69, 9.17) is 9.47 Å². The van der Waals surface area contributed by atoms with Crippen molar-refractivity contribution in [2.24, 2.45) is 0 Å². The number of carbonyl (C=O) groups excluding carboxylic acids is 2. The quantitative estimate of drug-likeness (QED) is 0.361. The maximum Gasteiger partial charge on any atom is 0.341 e. The molecular weight excluding hydrogens is 430 g/mol. The number of esters is 1. The minimum absolute atomic E-state index is 0.246. The first-order valence-corrected chi connectivity index (χ1v) is 10.9. The molecule has 7 nitrogen and oxygen atoms in total. The fourth-order valence-corrected chi connectivity index (χ4v) is 3.61. The molecule has 0 radical (unpaired) electrons. The molecule has 34 heavy (non-hydrogen) atoms. The number of anilines is 1. The molecule has 3 aromatic carbocycles. The number of hydrogen-bond acceptors (Lipinski definition) is 5. The average molecular weight is 456 g/mol. The number of nitrogens with zero attached hydrogens (tertiary/aromatic N) is 2. The van der Waals surface area contributed by atoms with Gasteiger partial charge in [0.1, 0.15) is 17.1 Å². The molecule has 172 valence electrons. The zero-order chi connectivity index (χ0) is 24.1. The van der Waals surface area contributed by atoms with Crippen LogP contribution < -0.4 is 10.1 Å². The monoisotopic (exact) mass is 455 g/mol. The standard InChI is InChI=1S/C27H25N3O4/c1-4-33-27(32)25-18(2)29-30(19(25)3)22-15-13-20(14-16-22)26(31)28-21-9-8-12-24(17-21)34-23-10-6-5-7-11-23/h5-17H,4H2,1-3H3,(H,28,31). The SMILES string of the molecule is CCOC(=O)c1c(C)nn(-c2ccc(C(=O)Nc3cccc(Oc4ccccc4)c3)cc2)c1C. The fourth-order valence-electron chi connectivity index (χ4n) is 3.61. The van der Waals surface area contributed by atoms with Crippen LogP contribution in [0.15, 0.2) is 78.9 Å². The lowest BCUT2D eigenvalue weighted by Crippen LogP contribution is -2.12. The van der Waals surface area contributed by atoms with Crippen LogP contribution in [0.25, 0.3) is 5.69 Å². The Bertz CT molecular complexity index is 1310. The van der Waals surface area contributed by atoms with Gasteiger partial charge in [-0.2, -0.15) is 5.10 Å². The van der Waals surface area contributed by atoms with Crippen LogP contribution in [0.5, 0.6) is 11.5 Å². The van der Waals surface area contributed by atoms with Crippen LogP contribution in [0.3, 0.4) is 0 Å². The Labute approximate surface area is 197 Å². The van der Waals surface area contributed by atoms with Gasteiger partial charge in [0.2, 0.25) is 0 Å². The highest BCUT2D eigenvalue weighted by atomic mass is 16.5. The van der Waals surface area contributed by atoms with E-state index < -0.39 is 5.97 Å². The van der Waals surface area contributed by atoms with E-state index in [0.29, 0.717) is 40.6 Å². The van der Waals surface area contributed by atoms with E-state index >= 15 is 0 Å². The van der Waals surface area contributed by atoms with E-state index in [9.17, 15) is 9.59 Å². The summed E-state index contributed by atoms with van der Waals surface area (Å²) in [5.41, 5.74) is 3.59. The van der Waals surface area contributed by atoms with Crippen molar-refractivity contribution in [2.45, 2.75) is 20.8 Å². The van der Waals surface area contributed by atoms with Gasteiger partial charge in [-0.25, -0.2) is 9.48 Å². The van der Waals surface area contributed by atoms with Gasteiger partial charge in [-0.3, -0.25) is 4.79 Å². The summed E-state index contributed by atoms with van der Waals surface area (Å²) in [6.07, 6.45) is 0. The third-order valence-corrected chi connectivity index (χ3v) is 5.22. The third kappa shape index (κ3) is 4.99. The molecule has 4 aromatic rings. The largest absolute Gasteiger partial charge is 0.462 e. The lowest BCUT2D eigenvalue weighted by atomic mass is 10.1. The number of aryl methyl sites for hydroxylation is 1. The van der Waals surface area contributed by atoms with Gasteiger partial charge in [0.05, 0.1) is 23.7 Å². The van der Waals surface area contributed by atoms with Crippen LogP contribution in [0.2, 0.25) is 0 Å². The summed E-state index contributed by atoms with van der Waals surface area (Å²) in [4.78, 5) is 25.0. The van der Waals surface area contributed by atoms with Gasteiger partial charge in [0, 0.05) is 17.3 Å². The summed E-state index contributed by atoms with van der Waals surface area (Å²) in [5.74, 6) is 0.709. The molecule has 0 atom stereocenters. The first kappa shape index (κ1) is 22.8. The Morgan fingerprint density at radius 2 is 1.62 bits per heavy atom. The second kappa shape index (κ2) is 10.0. The highest BCUT2D eigenvalue weighted by Crippen LogP contribution is 2.24. The number of benzene rings is 3. The van der Waals surface area contributed by atoms with Gasteiger partial charge >= 0.3 is 5.97 Å². The molecule has 0 saturated heterocycles. The Hall–Kier alpha value is -4.39. The predicted molar refractivity (Wildman–Crippen MR) is 130 cm³/mol. The van der Waals surface area contributed by atoms with Gasteiger partial charge in [-0.05, 0) is 69.3 Å². The van der Waals surface area contributed by atoms with Gasteiger partial charge in [-0.1, -0.05) is 24.3 Å². The molecule has 1 amide bonds. The van der Waals surface area contributed by atoms with Gasteiger partial charge < -0.3 is 14.8 Å². The maximum absolute atomic E-state index is 12.8. The number of aromatic nitrogens is 2. The minimum atomic E-state index is -0.391. The second-order valence-electron chi connectivity index (χ2n) is 7.62. The summed E-state index contributed by atoms with van der Waals surface area (Å²) in [6, 6.07) is 23.7. The second-order valence-corrected chi connectivity index (χ2v) is 7.62. The van der Waals surface area contributed by atoms with Crippen LogP contribution in [0.1, 0.15) is 39.0 Å². The lowest BCUT2D eigenvalue weighted by Gasteiger charge is -2.10. The van der Waals surface area contributed by atoms with E-state index in [1.54, 1.807) is 54.9 Å². The topological polar surface area (TPSA) is 82.5 Å². The van der Waals surface area contributed by atoms with Crippen molar-refractivity contribution in [2.75, 3.05) is 11.9 Å². The molecule has 0 aliphatic rings. The number of nitrogens with one attached hydrogen (secondary N) is 1. The van der Waals surface area contributed by atoms with E-state index in [-0.39, 0.29) is 5.91 Å². The van der Waals surface area contributed by atoms with E-state index in [2.05, 4.69) is 10.4 Å². The molecule has 0 unspecified atom stereocenters. The Balaban J connectivity index is 1.48. The highest BCUT2D eigenvalue weighted by molar-refractivity contribution is 6.04. The summed E-state index contributed by atoms with van der Waals surface area (Å²) in [5, 5.41) is 7.37. The summed E-state index contributed by atoms with van der Waals surface area (Å²) >= 11 is 0. The molecular formula is C27H25N3O4. The zero-order valence-electron chi connectivity index (χ0n) is 19.2. The van der Waals surface area contributed by atoms with Gasteiger partial charge in [0.25, 0.3) is 5.91 Å². The molecule has 0 spiro atoms. The fraction of sp³-hybridized carbons (Fsp3) is 0.148. The number of ether oxygens (including phenoxy) is 2. The lowest BCUT2D eigenvalue weighted by molar-refractivity contribution is 0.0524. The van der Waals surface area contributed by atoms with Crippen LogP contribution in [0.4, 0.5) is 5.69 Å². The van der Waals surface area contributed by atoms with Gasteiger partial charge in [0.15, 0.2) is 0 Å². The molecule has 4 rings (SSSR count). The van der Waals surface area contributed by atoms with Crippen LogP contribution in [0, 0.1) is 13.8 Å². The molecule has 0 saturated carbocycles. The highest BCUT2D eigenvalue weighted by Gasteiger charge is 2.20. The Morgan fingerprint density at radius 1 is 0.912 bits per heavy atom. The average Bonchev–Trinajstić information content (AvgIpc) is 3.14. The summed E-state index contributed by atoms with van der Waals surface area (Å²) in [7, 11) is 0. The number of amides is 1. The van der Waals surface area contributed by atoms with Gasteiger partial charge in [-0.15, -0.1) is 0 Å². The van der Waals surface area contributed by atoms with Crippen molar-refractivity contribution >= 4 is 17.6 Å². The zero-order valence-corrected chi connectivity index (χ0v) is 19.2. The molecule has 0 aliphatic carbocycles. The first-order chi connectivity index (χ1) is 16.5. The van der Waals surface area contributed by atoms with E-state index in [1.165, 1.54) is 0 Å².